The first-order valence-corrected chi connectivity index (χ1v) is 8.25. The molecular formula is C21H21NO3. The predicted molar refractivity (Wildman–Crippen MR) is 97.5 cm³/mol. The molecule has 0 unspecified atom stereocenters. The van der Waals surface area contributed by atoms with Crippen LogP contribution in [-0.2, 0) is 6.54 Å². The Hall–Kier alpha value is -2.85. The van der Waals surface area contributed by atoms with E-state index in [0.29, 0.717) is 5.76 Å². The highest BCUT2D eigenvalue weighted by Gasteiger charge is 2.11. The van der Waals surface area contributed by atoms with E-state index in [1.807, 2.05) is 24.3 Å². The number of carboxylic acid groups (broad SMARTS) is 1. The van der Waals surface area contributed by atoms with Crippen LogP contribution in [0.5, 0.6) is 0 Å². The highest BCUT2D eigenvalue weighted by atomic mass is 16.4. The molecule has 0 amide bonds. The van der Waals surface area contributed by atoms with Gasteiger partial charge in [0, 0.05) is 18.2 Å². The highest BCUT2D eigenvalue weighted by Crippen LogP contribution is 2.23. The zero-order valence-corrected chi connectivity index (χ0v) is 14.3. The molecule has 1 aromatic heterocycles. The van der Waals surface area contributed by atoms with Gasteiger partial charge in [-0.25, -0.2) is 4.79 Å². The Morgan fingerprint density at radius 3 is 2.56 bits per heavy atom. The molecule has 2 N–H and O–H groups in total. The molecule has 0 aliphatic rings. The van der Waals surface area contributed by atoms with Crippen molar-refractivity contribution in [3.05, 3.63) is 83.1 Å². The Bertz CT molecular complexity index is 865. The lowest BCUT2D eigenvalue weighted by atomic mass is 10.1. The minimum absolute atomic E-state index is 0.0495. The number of nitrogens with one attached hydrogen (secondary N) is 1. The molecule has 0 radical (unpaired) electrons. The number of carbonyl (C=O) groups is 1. The van der Waals surface area contributed by atoms with Gasteiger partial charge in [0.2, 0.25) is 5.76 Å². The average Bonchev–Trinajstić information content (AvgIpc) is 3.11. The Morgan fingerprint density at radius 2 is 1.88 bits per heavy atom. The lowest BCUT2D eigenvalue weighted by Gasteiger charge is -2.15. The zero-order chi connectivity index (χ0) is 17.8. The zero-order valence-electron chi connectivity index (χ0n) is 14.3. The molecule has 4 heteroatoms. The van der Waals surface area contributed by atoms with Crippen molar-refractivity contribution in [2.75, 3.05) is 0 Å². The summed E-state index contributed by atoms with van der Waals surface area (Å²) in [6.45, 7) is 4.94. The molecule has 3 aromatic rings. The summed E-state index contributed by atoms with van der Waals surface area (Å²) in [6, 6.07) is 19.8. The minimum Gasteiger partial charge on any atom is -0.475 e. The van der Waals surface area contributed by atoms with Crippen LogP contribution in [0, 0.1) is 6.92 Å². The average molecular weight is 335 g/mol. The molecule has 0 saturated carbocycles. The summed E-state index contributed by atoms with van der Waals surface area (Å²) in [7, 11) is 0. The van der Waals surface area contributed by atoms with Gasteiger partial charge in [-0.05, 0) is 43.2 Å². The molecule has 1 heterocycles. The molecule has 128 valence electrons. The van der Waals surface area contributed by atoms with E-state index < -0.39 is 5.97 Å². The smallest absolute Gasteiger partial charge is 0.371 e. The van der Waals surface area contributed by atoms with Gasteiger partial charge in [0.15, 0.2) is 0 Å². The van der Waals surface area contributed by atoms with Crippen molar-refractivity contribution >= 4 is 5.97 Å². The van der Waals surface area contributed by atoms with Gasteiger partial charge in [-0.3, -0.25) is 0 Å². The fraction of sp³-hybridized carbons (Fsp3) is 0.190. The molecular weight excluding hydrogens is 314 g/mol. The molecule has 3 rings (SSSR count). The summed E-state index contributed by atoms with van der Waals surface area (Å²) in [6.07, 6.45) is 0. The normalized spacial score (nSPS) is 12.1. The summed E-state index contributed by atoms with van der Waals surface area (Å²) >= 11 is 0. The van der Waals surface area contributed by atoms with Crippen molar-refractivity contribution in [2.24, 2.45) is 0 Å². The first-order chi connectivity index (χ1) is 12.0. The summed E-state index contributed by atoms with van der Waals surface area (Å²) in [5, 5.41) is 12.5. The van der Waals surface area contributed by atoms with Crippen molar-refractivity contribution in [2.45, 2.75) is 26.4 Å². The first kappa shape index (κ1) is 17.0. The van der Waals surface area contributed by atoms with E-state index in [1.54, 1.807) is 6.07 Å². The van der Waals surface area contributed by atoms with Crippen LogP contribution < -0.4 is 5.32 Å². The van der Waals surface area contributed by atoms with Crippen LogP contribution in [0.25, 0.3) is 11.3 Å². The quantitative estimate of drug-likeness (QED) is 0.679. The number of furan rings is 1. The Labute approximate surface area is 147 Å². The van der Waals surface area contributed by atoms with Crippen LogP contribution in [-0.4, -0.2) is 11.1 Å². The summed E-state index contributed by atoms with van der Waals surface area (Å²) in [4.78, 5) is 10.9. The van der Waals surface area contributed by atoms with Gasteiger partial charge in [0.05, 0.1) is 0 Å². The second-order valence-corrected chi connectivity index (χ2v) is 6.18. The number of aromatic carboxylic acids is 1. The SMILES string of the molecule is Cc1ccc([C@@H](C)NCc2cccc(-c3ccc(C(=O)O)o3)c2)cc1. The lowest BCUT2D eigenvalue weighted by molar-refractivity contribution is 0.0663. The van der Waals surface area contributed by atoms with E-state index in [0.717, 1.165) is 17.7 Å². The van der Waals surface area contributed by atoms with E-state index in [1.165, 1.54) is 17.2 Å². The Morgan fingerprint density at radius 1 is 1.12 bits per heavy atom. The molecule has 0 aliphatic heterocycles. The number of carboxylic acids is 1. The second-order valence-electron chi connectivity index (χ2n) is 6.18. The molecule has 0 aliphatic carbocycles. The van der Waals surface area contributed by atoms with Crippen molar-refractivity contribution in [1.82, 2.24) is 5.32 Å². The highest BCUT2D eigenvalue weighted by molar-refractivity contribution is 5.85. The minimum atomic E-state index is -1.06. The maximum absolute atomic E-state index is 10.9. The third-order valence-corrected chi connectivity index (χ3v) is 4.22. The number of rotatable bonds is 6. The van der Waals surface area contributed by atoms with E-state index in [-0.39, 0.29) is 11.8 Å². The third-order valence-electron chi connectivity index (χ3n) is 4.22. The van der Waals surface area contributed by atoms with Crippen LogP contribution in [0.4, 0.5) is 0 Å². The second kappa shape index (κ2) is 7.36. The molecule has 1 atom stereocenters. The molecule has 25 heavy (non-hydrogen) atoms. The van der Waals surface area contributed by atoms with E-state index >= 15 is 0 Å². The van der Waals surface area contributed by atoms with E-state index in [9.17, 15) is 4.79 Å². The maximum Gasteiger partial charge on any atom is 0.371 e. The van der Waals surface area contributed by atoms with Crippen molar-refractivity contribution in [1.29, 1.82) is 0 Å². The van der Waals surface area contributed by atoms with Crippen LogP contribution in [0.3, 0.4) is 0 Å². The number of hydrogen-bond donors (Lipinski definition) is 2. The standard InChI is InChI=1S/C21H21NO3/c1-14-6-8-17(9-7-14)15(2)22-13-16-4-3-5-18(12-16)19-10-11-20(25-19)21(23)24/h3-12,15,22H,13H2,1-2H3,(H,23,24)/t15-/m1/s1. The number of hydrogen-bond acceptors (Lipinski definition) is 3. The largest absolute Gasteiger partial charge is 0.475 e. The molecule has 0 spiro atoms. The monoisotopic (exact) mass is 335 g/mol. The van der Waals surface area contributed by atoms with Gasteiger partial charge < -0.3 is 14.8 Å². The van der Waals surface area contributed by atoms with Gasteiger partial charge in [-0.2, -0.15) is 0 Å². The van der Waals surface area contributed by atoms with Gasteiger partial charge in [0.1, 0.15) is 5.76 Å². The fourth-order valence-electron chi connectivity index (χ4n) is 2.69. The summed E-state index contributed by atoms with van der Waals surface area (Å²) in [5.74, 6) is -0.548. The topological polar surface area (TPSA) is 62.5 Å². The summed E-state index contributed by atoms with van der Waals surface area (Å²) < 4.78 is 5.37. The molecule has 0 fully saturated rings. The van der Waals surface area contributed by atoms with Gasteiger partial charge >= 0.3 is 5.97 Å². The van der Waals surface area contributed by atoms with E-state index in [2.05, 4.69) is 43.4 Å². The lowest BCUT2D eigenvalue weighted by Crippen LogP contribution is -2.18. The van der Waals surface area contributed by atoms with Gasteiger partial charge in [-0.15, -0.1) is 0 Å². The first-order valence-electron chi connectivity index (χ1n) is 8.25. The van der Waals surface area contributed by atoms with Crippen molar-refractivity contribution < 1.29 is 14.3 Å². The molecule has 2 aromatic carbocycles. The van der Waals surface area contributed by atoms with Crippen LogP contribution in [0.15, 0.2) is 65.1 Å². The molecule has 4 nitrogen and oxygen atoms in total. The predicted octanol–water partition coefficient (Wildman–Crippen LogP) is 4.80. The van der Waals surface area contributed by atoms with Crippen molar-refractivity contribution in [3.8, 4) is 11.3 Å². The fourth-order valence-corrected chi connectivity index (χ4v) is 2.69. The van der Waals surface area contributed by atoms with Crippen LogP contribution >= 0.6 is 0 Å². The van der Waals surface area contributed by atoms with Crippen molar-refractivity contribution in [3.63, 3.8) is 0 Å². The maximum atomic E-state index is 10.9. The number of aryl methyl sites for hydroxylation is 1. The van der Waals surface area contributed by atoms with Gasteiger partial charge in [-0.1, -0.05) is 48.0 Å². The third kappa shape index (κ3) is 4.17. The number of benzene rings is 2. The van der Waals surface area contributed by atoms with Crippen LogP contribution in [0.2, 0.25) is 0 Å². The molecule has 0 saturated heterocycles. The van der Waals surface area contributed by atoms with Gasteiger partial charge in [0.25, 0.3) is 0 Å². The molecule has 0 bridgehead atoms. The summed E-state index contributed by atoms with van der Waals surface area (Å²) in [5.41, 5.74) is 4.49. The Kier molecular flexibility index (Phi) is 5.00. The van der Waals surface area contributed by atoms with E-state index in [4.69, 9.17) is 9.52 Å². The Balaban J connectivity index is 1.69. The van der Waals surface area contributed by atoms with Crippen LogP contribution in [0.1, 0.15) is 40.2 Å².